The number of rotatable bonds is 6. The van der Waals surface area contributed by atoms with Gasteiger partial charge in [-0.15, -0.1) is 0 Å². The summed E-state index contributed by atoms with van der Waals surface area (Å²) in [5, 5.41) is 24.5. The smallest absolute Gasteiger partial charge is 0.311 e. The van der Waals surface area contributed by atoms with Crippen LogP contribution in [0.3, 0.4) is 0 Å². The minimum absolute atomic E-state index is 0.0220. The largest absolute Gasteiger partial charge is 0.396 e. The summed E-state index contributed by atoms with van der Waals surface area (Å²) in [7, 11) is 0. The number of aliphatic hydroxyl groups excluding tert-OH is 1. The molecule has 0 saturated carbocycles. The maximum Gasteiger partial charge on any atom is 0.311 e. The van der Waals surface area contributed by atoms with Crippen molar-refractivity contribution in [2.24, 2.45) is 0 Å². The molecule has 0 aliphatic carbocycles. The number of anilines is 1. The van der Waals surface area contributed by atoms with E-state index in [1.54, 1.807) is 0 Å². The van der Waals surface area contributed by atoms with Crippen molar-refractivity contribution in [2.45, 2.75) is 32.2 Å². The van der Waals surface area contributed by atoms with Gasteiger partial charge in [-0.25, -0.2) is 4.98 Å². The number of aliphatic hydroxyl groups is 1. The first-order chi connectivity index (χ1) is 10.0. The molecule has 112 valence electrons. The van der Waals surface area contributed by atoms with Crippen molar-refractivity contribution in [3.8, 4) is 0 Å². The van der Waals surface area contributed by atoms with Gasteiger partial charge in [-0.1, -0.05) is 25.1 Å². The lowest BCUT2D eigenvalue weighted by Crippen LogP contribution is -2.35. The third kappa shape index (κ3) is 3.11. The van der Waals surface area contributed by atoms with Crippen LogP contribution in [0.4, 0.5) is 11.4 Å². The quantitative estimate of drug-likeness (QED) is 0.630. The summed E-state index contributed by atoms with van der Waals surface area (Å²) >= 11 is 0. The van der Waals surface area contributed by atoms with Crippen LogP contribution < -0.4 is 5.32 Å². The van der Waals surface area contributed by atoms with Crippen molar-refractivity contribution in [3.05, 3.63) is 40.6 Å². The number of nitro groups is 1. The van der Waals surface area contributed by atoms with Crippen LogP contribution in [-0.2, 0) is 0 Å². The van der Waals surface area contributed by atoms with Crippen LogP contribution in [0.2, 0.25) is 0 Å². The molecular weight excluding hydrogens is 270 g/mol. The number of nitrogens with zero attached hydrogens (tertiary/aromatic N) is 2. The van der Waals surface area contributed by atoms with Gasteiger partial charge >= 0.3 is 5.69 Å². The summed E-state index contributed by atoms with van der Waals surface area (Å²) in [5.74, 6) is 0. The van der Waals surface area contributed by atoms with Crippen molar-refractivity contribution < 1.29 is 10.0 Å². The first-order valence-corrected chi connectivity index (χ1v) is 6.92. The SMILES string of the molecule is CCC(C)(CCO)Nc1c([N+](=O)[O-])cnc2ccccc12. The second-order valence-corrected chi connectivity index (χ2v) is 5.31. The minimum Gasteiger partial charge on any atom is -0.396 e. The molecule has 1 heterocycles. The summed E-state index contributed by atoms with van der Waals surface area (Å²) in [6.07, 6.45) is 2.53. The Hall–Kier alpha value is -2.21. The van der Waals surface area contributed by atoms with Crippen LogP contribution in [0.5, 0.6) is 0 Å². The highest BCUT2D eigenvalue weighted by atomic mass is 16.6. The summed E-state index contributed by atoms with van der Waals surface area (Å²) in [4.78, 5) is 15.0. The molecular formula is C15H19N3O3. The Kier molecular flexibility index (Phi) is 4.37. The number of nitrogens with one attached hydrogen (secondary N) is 1. The standard InChI is InChI=1S/C15H19N3O3/c1-3-15(2,8-9-19)17-14-11-6-4-5-7-12(11)16-10-13(14)18(20)21/h4-7,10,19H,3,8-9H2,1-2H3,(H,16,17). The van der Waals surface area contributed by atoms with Gasteiger partial charge in [0.25, 0.3) is 0 Å². The monoisotopic (exact) mass is 289 g/mol. The number of aromatic nitrogens is 1. The average Bonchev–Trinajstić information content (AvgIpc) is 2.47. The summed E-state index contributed by atoms with van der Waals surface area (Å²) in [6.45, 7) is 3.95. The van der Waals surface area contributed by atoms with Gasteiger partial charge in [0.15, 0.2) is 0 Å². The van der Waals surface area contributed by atoms with Gasteiger partial charge in [-0.2, -0.15) is 0 Å². The zero-order valence-corrected chi connectivity index (χ0v) is 12.2. The van der Waals surface area contributed by atoms with E-state index in [0.29, 0.717) is 23.0 Å². The molecule has 1 aromatic carbocycles. The second-order valence-electron chi connectivity index (χ2n) is 5.31. The van der Waals surface area contributed by atoms with Crippen molar-refractivity contribution >= 4 is 22.3 Å². The maximum absolute atomic E-state index is 11.3. The Bertz CT molecular complexity index is 660. The van der Waals surface area contributed by atoms with Crippen molar-refractivity contribution in [1.29, 1.82) is 0 Å². The van der Waals surface area contributed by atoms with Crippen LogP contribution in [0.15, 0.2) is 30.5 Å². The number of pyridine rings is 1. The Morgan fingerprint density at radius 1 is 1.43 bits per heavy atom. The van der Waals surface area contributed by atoms with E-state index in [1.165, 1.54) is 6.20 Å². The molecule has 0 bridgehead atoms. The van der Waals surface area contributed by atoms with Crippen molar-refractivity contribution in [1.82, 2.24) is 4.98 Å². The molecule has 0 radical (unpaired) electrons. The second kappa shape index (κ2) is 6.05. The lowest BCUT2D eigenvalue weighted by Gasteiger charge is -2.30. The topological polar surface area (TPSA) is 88.3 Å². The molecule has 2 N–H and O–H groups in total. The number of fused-ring (bicyclic) bond motifs is 1. The van der Waals surface area contributed by atoms with Gasteiger partial charge in [0.05, 0.1) is 10.4 Å². The number of para-hydroxylation sites is 1. The molecule has 6 nitrogen and oxygen atoms in total. The summed E-state index contributed by atoms with van der Waals surface area (Å²) < 4.78 is 0. The maximum atomic E-state index is 11.3. The molecule has 2 aromatic rings. The average molecular weight is 289 g/mol. The molecule has 21 heavy (non-hydrogen) atoms. The summed E-state index contributed by atoms with van der Waals surface area (Å²) in [5.41, 5.74) is 0.701. The number of hydrogen-bond donors (Lipinski definition) is 2. The highest BCUT2D eigenvalue weighted by Crippen LogP contribution is 2.35. The number of hydrogen-bond acceptors (Lipinski definition) is 5. The highest BCUT2D eigenvalue weighted by Gasteiger charge is 2.27. The Morgan fingerprint density at radius 2 is 2.14 bits per heavy atom. The van der Waals surface area contributed by atoms with Gasteiger partial charge in [-0.3, -0.25) is 10.1 Å². The molecule has 0 spiro atoms. The Balaban J connectivity index is 2.59. The fourth-order valence-corrected chi connectivity index (χ4v) is 2.28. The van der Waals surface area contributed by atoms with Gasteiger partial charge in [-0.05, 0) is 25.8 Å². The predicted molar refractivity (Wildman–Crippen MR) is 82.4 cm³/mol. The molecule has 0 aliphatic rings. The molecule has 0 aliphatic heterocycles. The van der Waals surface area contributed by atoms with Crippen LogP contribution in [-0.4, -0.2) is 27.2 Å². The number of benzene rings is 1. The molecule has 0 amide bonds. The normalized spacial score (nSPS) is 13.9. The Labute approximate surface area is 123 Å². The fraction of sp³-hybridized carbons (Fsp3) is 0.400. The van der Waals surface area contributed by atoms with E-state index >= 15 is 0 Å². The van der Waals surface area contributed by atoms with Gasteiger partial charge in [0.1, 0.15) is 11.9 Å². The molecule has 1 unspecified atom stereocenters. The molecule has 0 saturated heterocycles. The van der Waals surface area contributed by atoms with E-state index in [1.807, 2.05) is 38.1 Å². The van der Waals surface area contributed by atoms with E-state index in [0.717, 1.165) is 6.42 Å². The first kappa shape index (κ1) is 15.2. The van der Waals surface area contributed by atoms with E-state index in [9.17, 15) is 15.2 Å². The van der Waals surface area contributed by atoms with Crippen molar-refractivity contribution in [3.63, 3.8) is 0 Å². The van der Waals surface area contributed by atoms with Crippen molar-refractivity contribution in [2.75, 3.05) is 11.9 Å². The van der Waals surface area contributed by atoms with Crippen LogP contribution in [0.1, 0.15) is 26.7 Å². The van der Waals surface area contributed by atoms with E-state index in [2.05, 4.69) is 10.3 Å². The van der Waals surface area contributed by atoms with Gasteiger partial charge in [0, 0.05) is 17.5 Å². The minimum atomic E-state index is -0.434. The molecule has 0 fully saturated rings. The van der Waals surface area contributed by atoms with Crippen LogP contribution in [0.25, 0.3) is 10.9 Å². The summed E-state index contributed by atoms with van der Waals surface area (Å²) in [6, 6.07) is 7.30. The third-order valence-corrected chi connectivity index (χ3v) is 3.82. The fourth-order valence-electron chi connectivity index (χ4n) is 2.28. The molecule has 6 heteroatoms. The Morgan fingerprint density at radius 3 is 2.76 bits per heavy atom. The van der Waals surface area contributed by atoms with E-state index in [-0.39, 0.29) is 12.3 Å². The van der Waals surface area contributed by atoms with E-state index in [4.69, 9.17) is 0 Å². The lowest BCUT2D eigenvalue weighted by atomic mass is 9.94. The molecule has 1 atom stereocenters. The zero-order valence-electron chi connectivity index (χ0n) is 12.2. The van der Waals surface area contributed by atoms with E-state index < -0.39 is 10.5 Å². The first-order valence-electron chi connectivity index (χ1n) is 6.92. The molecule has 1 aromatic heterocycles. The molecule has 2 rings (SSSR count). The van der Waals surface area contributed by atoms with Gasteiger partial charge in [0.2, 0.25) is 0 Å². The highest BCUT2D eigenvalue weighted by molar-refractivity contribution is 5.95. The van der Waals surface area contributed by atoms with Crippen LogP contribution >= 0.6 is 0 Å². The zero-order chi connectivity index (χ0) is 15.5. The van der Waals surface area contributed by atoms with Gasteiger partial charge < -0.3 is 10.4 Å². The lowest BCUT2D eigenvalue weighted by molar-refractivity contribution is -0.384. The third-order valence-electron chi connectivity index (χ3n) is 3.82. The predicted octanol–water partition coefficient (Wildman–Crippen LogP) is 3.11. The van der Waals surface area contributed by atoms with Crippen LogP contribution in [0, 0.1) is 10.1 Å².